The molecule has 2 aliphatic rings. The molecule has 2 rings (SSSR count). The Morgan fingerprint density at radius 2 is 2.13 bits per heavy atom. The third-order valence-corrected chi connectivity index (χ3v) is 4.01. The first-order valence-electron chi connectivity index (χ1n) is 6.75. The van der Waals surface area contributed by atoms with Crippen LogP contribution in [0, 0.1) is 5.92 Å². The Morgan fingerprint density at radius 3 is 2.67 bits per heavy atom. The Balaban J connectivity index is 1.68. The minimum Gasteiger partial charge on any atom is -0.378 e. The summed E-state index contributed by atoms with van der Waals surface area (Å²) in [5.41, 5.74) is 0. The lowest BCUT2D eigenvalue weighted by Crippen LogP contribution is -2.39. The average Bonchev–Trinajstić information content (AvgIpc) is 2.64. The van der Waals surface area contributed by atoms with Crippen LogP contribution in [0.5, 0.6) is 0 Å². The van der Waals surface area contributed by atoms with Crippen LogP contribution in [0.4, 0.5) is 0 Å². The van der Waals surface area contributed by atoms with Crippen molar-refractivity contribution in [2.75, 3.05) is 13.2 Å². The van der Waals surface area contributed by atoms with Crippen molar-refractivity contribution in [1.29, 1.82) is 0 Å². The van der Waals surface area contributed by atoms with Gasteiger partial charge in [-0.2, -0.15) is 0 Å². The molecule has 88 valence electrons. The number of ether oxygens (including phenoxy) is 1. The molecule has 2 unspecified atom stereocenters. The fourth-order valence-corrected chi connectivity index (χ4v) is 2.85. The monoisotopic (exact) mass is 211 g/mol. The van der Waals surface area contributed by atoms with E-state index in [1.807, 2.05) is 0 Å². The van der Waals surface area contributed by atoms with Gasteiger partial charge in [-0.1, -0.05) is 13.3 Å². The maximum absolute atomic E-state index is 5.69. The second kappa shape index (κ2) is 5.86. The molecule has 0 spiro atoms. The first-order chi connectivity index (χ1) is 7.40. The summed E-state index contributed by atoms with van der Waals surface area (Å²) in [6.45, 7) is 4.34. The second-order valence-corrected chi connectivity index (χ2v) is 5.07. The molecule has 1 aliphatic heterocycles. The van der Waals surface area contributed by atoms with E-state index in [-0.39, 0.29) is 0 Å². The van der Waals surface area contributed by atoms with Crippen molar-refractivity contribution >= 4 is 0 Å². The van der Waals surface area contributed by atoms with Gasteiger partial charge in [-0.25, -0.2) is 0 Å². The molecule has 0 amide bonds. The maximum Gasteiger partial charge on any atom is 0.0576 e. The van der Waals surface area contributed by atoms with Crippen molar-refractivity contribution in [3.63, 3.8) is 0 Å². The van der Waals surface area contributed by atoms with Crippen LogP contribution in [-0.2, 0) is 4.74 Å². The van der Waals surface area contributed by atoms with Crippen LogP contribution in [0.3, 0.4) is 0 Å². The topological polar surface area (TPSA) is 21.3 Å². The van der Waals surface area contributed by atoms with Gasteiger partial charge >= 0.3 is 0 Å². The highest BCUT2D eigenvalue weighted by Gasteiger charge is 2.27. The van der Waals surface area contributed by atoms with Gasteiger partial charge in [0.2, 0.25) is 0 Å². The van der Waals surface area contributed by atoms with Crippen molar-refractivity contribution in [3.05, 3.63) is 0 Å². The van der Waals surface area contributed by atoms with Crippen molar-refractivity contribution in [3.8, 4) is 0 Å². The van der Waals surface area contributed by atoms with E-state index in [9.17, 15) is 0 Å². The summed E-state index contributed by atoms with van der Waals surface area (Å²) >= 11 is 0. The van der Waals surface area contributed by atoms with E-state index >= 15 is 0 Å². The summed E-state index contributed by atoms with van der Waals surface area (Å²) < 4.78 is 5.69. The first-order valence-corrected chi connectivity index (χ1v) is 6.75. The Labute approximate surface area is 93.8 Å². The fraction of sp³-hybridized carbons (Fsp3) is 1.00. The lowest BCUT2D eigenvalue weighted by Gasteiger charge is -2.34. The van der Waals surface area contributed by atoms with E-state index < -0.39 is 0 Å². The molecule has 0 aromatic heterocycles. The molecule has 2 heteroatoms. The van der Waals surface area contributed by atoms with Crippen LogP contribution in [0.15, 0.2) is 0 Å². The lowest BCUT2D eigenvalue weighted by atomic mass is 9.78. The summed E-state index contributed by atoms with van der Waals surface area (Å²) in [7, 11) is 0. The van der Waals surface area contributed by atoms with Gasteiger partial charge in [0.15, 0.2) is 0 Å². The molecule has 1 N–H and O–H groups in total. The summed E-state index contributed by atoms with van der Waals surface area (Å²) in [6.07, 6.45) is 10.1. The highest BCUT2D eigenvalue weighted by molar-refractivity contribution is 4.83. The van der Waals surface area contributed by atoms with Gasteiger partial charge in [-0.3, -0.25) is 0 Å². The Morgan fingerprint density at radius 1 is 1.27 bits per heavy atom. The van der Waals surface area contributed by atoms with Gasteiger partial charge in [-0.05, 0) is 51.0 Å². The van der Waals surface area contributed by atoms with Gasteiger partial charge < -0.3 is 10.1 Å². The van der Waals surface area contributed by atoms with Gasteiger partial charge in [-0.15, -0.1) is 0 Å². The lowest BCUT2D eigenvalue weighted by molar-refractivity contribution is 0.0935. The molecule has 1 aliphatic carbocycles. The third kappa shape index (κ3) is 3.18. The number of rotatable bonds is 6. The Bertz CT molecular complexity index is 173. The minimum atomic E-state index is 0.575. The molecule has 2 atom stereocenters. The normalized spacial score (nSPS) is 29.0. The molecule has 1 heterocycles. The molecular formula is C13H25NO. The number of hydrogen-bond donors (Lipinski definition) is 1. The Kier molecular flexibility index (Phi) is 4.45. The first kappa shape index (κ1) is 11.4. The van der Waals surface area contributed by atoms with E-state index in [1.54, 1.807) is 0 Å². The van der Waals surface area contributed by atoms with Crippen LogP contribution in [0.25, 0.3) is 0 Å². The molecule has 2 nitrogen and oxygen atoms in total. The number of nitrogens with one attached hydrogen (secondary N) is 1. The fourth-order valence-electron chi connectivity index (χ4n) is 2.85. The number of hydrogen-bond acceptors (Lipinski definition) is 2. The van der Waals surface area contributed by atoms with Gasteiger partial charge in [0, 0.05) is 12.6 Å². The van der Waals surface area contributed by atoms with E-state index in [0.29, 0.717) is 6.10 Å². The third-order valence-electron chi connectivity index (χ3n) is 4.01. The standard InChI is InChI=1S/C13H25NO/c1-2-14-13(11-5-3-6-11)9-8-12-7-4-10-15-12/h11-14H,2-10H2,1H3. The molecule has 2 fully saturated rings. The minimum absolute atomic E-state index is 0.575. The van der Waals surface area contributed by atoms with Crippen LogP contribution in [0.2, 0.25) is 0 Å². The molecule has 0 aromatic rings. The van der Waals surface area contributed by atoms with Crippen molar-refractivity contribution in [1.82, 2.24) is 5.32 Å². The van der Waals surface area contributed by atoms with Crippen LogP contribution < -0.4 is 5.32 Å². The molecule has 0 bridgehead atoms. The summed E-state index contributed by atoms with van der Waals surface area (Å²) in [5, 5.41) is 3.65. The average molecular weight is 211 g/mol. The van der Waals surface area contributed by atoms with E-state index in [0.717, 1.165) is 25.1 Å². The van der Waals surface area contributed by atoms with Crippen LogP contribution in [-0.4, -0.2) is 25.3 Å². The SMILES string of the molecule is CCNC(CCC1CCCO1)C1CCC1. The molecule has 1 saturated carbocycles. The zero-order valence-corrected chi connectivity index (χ0v) is 10.0. The molecule has 0 aromatic carbocycles. The second-order valence-electron chi connectivity index (χ2n) is 5.07. The smallest absolute Gasteiger partial charge is 0.0576 e. The molecule has 0 radical (unpaired) electrons. The van der Waals surface area contributed by atoms with Gasteiger partial charge in [0.25, 0.3) is 0 Å². The summed E-state index contributed by atoms with van der Waals surface area (Å²) in [4.78, 5) is 0. The van der Waals surface area contributed by atoms with E-state index in [4.69, 9.17) is 4.74 Å². The largest absolute Gasteiger partial charge is 0.378 e. The van der Waals surface area contributed by atoms with Gasteiger partial charge in [0.1, 0.15) is 0 Å². The molecular weight excluding hydrogens is 186 g/mol. The highest BCUT2D eigenvalue weighted by atomic mass is 16.5. The van der Waals surface area contributed by atoms with Crippen molar-refractivity contribution < 1.29 is 4.74 Å². The molecule has 1 saturated heterocycles. The highest BCUT2D eigenvalue weighted by Crippen LogP contribution is 2.32. The zero-order valence-electron chi connectivity index (χ0n) is 10.0. The van der Waals surface area contributed by atoms with Crippen LogP contribution in [0.1, 0.15) is 51.9 Å². The van der Waals surface area contributed by atoms with Gasteiger partial charge in [0.05, 0.1) is 6.10 Å². The predicted octanol–water partition coefficient (Wildman–Crippen LogP) is 2.72. The van der Waals surface area contributed by atoms with E-state index in [2.05, 4.69) is 12.2 Å². The summed E-state index contributed by atoms with van der Waals surface area (Å²) in [5.74, 6) is 0.964. The molecule has 15 heavy (non-hydrogen) atoms. The quantitative estimate of drug-likeness (QED) is 0.729. The summed E-state index contributed by atoms with van der Waals surface area (Å²) in [6, 6.07) is 0.771. The Hall–Kier alpha value is -0.0800. The maximum atomic E-state index is 5.69. The van der Waals surface area contributed by atoms with Crippen molar-refractivity contribution in [2.24, 2.45) is 5.92 Å². The van der Waals surface area contributed by atoms with Crippen molar-refractivity contribution in [2.45, 2.75) is 64.0 Å². The zero-order chi connectivity index (χ0) is 10.5. The predicted molar refractivity (Wildman–Crippen MR) is 63.0 cm³/mol. The van der Waals surface area contributed by atoms with E-state index in [1.165, 1.54) is 44.9 Å². The van der Waals surface area contributed by atoms with Crippen LogP contribution >= 0.6 is 0 Å².